The summed E-state index contributed by atoms with van der Waals surface area (Å²) in [6.07, 6.45) is 6.84. The van der Waals surface area contributed by atoms with Crippen molar-refractivity contribution in [3.8, 4) is 5.75 Å². The van der Waals surface area contributed by atoms with Crippen LogP contribution in [-0.4, -0.2) is 49.5 Å². The lowest BCUT2D eigenvalue weighted by Crippen LogP contribution is -2.60. The van der Waals surface area contributed by atoms with Gasteiger partial charge in [0.25, 0.3) is 5.92 Å². The number of amides is 1. The van der Waals surface area contributed by atoms with Crippen LogP contribution >= 0.6 is 22.6 Å². The first-order valence-electron chi connectivity index (χ1n) is 14.5. The molecular weight excluding hydrogens is 675 g/mol. The molecule has 2 aliphatic heterocycles. The minimum atomic E-state index is -4.52. The predicted molar refractivity (Wildman–Crippen MR) is 165 cm³/mol. The summed E-state index contributed by atoms with van der Waals surface area (Å²) in [6, 6.07) is 12.3. The van der Waals surface area contributed by atoms with Gasteiger partial charge in [0.05, 0.1) is 11.0 Å². The molecule has 2 heterocycles. The number of nitrogens with one attached hydrogen (secondary N) is 1. The number of sulfonamides is 1. The van der Waals surface area contributed by atoms with Gasteiger partial charge in [-0.1, -0.05) is 24.3 Å². The molecule has 0 aromatic heterocycles. The molecule has 42 heavy (non-hydrogen) atoms. The summed E-state index contributed by atoms with van der Waals surface area (Å²) in [5.41, 5.74) is 5.72. The van der Waals surface area contributed by atoms with Gasteiger partial charge >= 0.3 is 0 Å². The number of carbonyl (C=O) groups is 1. The summed E-state index contributed by atoms with van der Waals surface area (Å²) >= 11 is 2.01. The van der Waals surface area contributed by atoms with E-state index in [-0.39, 0.29) is 29.1 Å². The van der Waals surface area contributed by atoms with Gasteiger partial charge in [-0.3, -0.25) is 4.79 Å². The molecule has 3 aromatic rings. The highest BCUT2D eigenvalue weighted by Gasteiger charge is 2.53. The predicted octanol–water partition coefficient (Wildman–Crippen LogP) is 5.69. The molecular formula is C31H34F2IN3O4S. The minimum Gasteiger partial charge on any atom is -0.490 e. The van der Waals surface area contributed by atoms with Gasteiger partial charge in [-0.25, -0.2) is 8.42 Å². The number of nitrogens with zero attached hydrogens (tertiary/aromatic N) is 1. The van der Waals surface area contributed by atoms with Crippen LogP contribution in [0, 0.1) is 3.57 Å². The molecule has 2 unspecified atom stereocenters. The molecule has 3 fully saturated rings. The van der Waals surface area contributed by atoms with Crippen LogP contribution in [0.25, 0.3) is 10.8 Å². The van der Waals surface area contributed by atoms with Crippen molar-refractivity contribution in [1.82, 2.24) is 9.62 Å². The molecule has 1 aliphatic carbocycles. The fourth-order valence-corrected chi connectivity index (χ4v) is 8.29. The third-order valence-corrected chi connectivity index (χ3v) is 11.0. The number of benzene rings is 3. The summed E-state index contributed by atoms with van der Waals surface area (Å²) in [4.78, 5) is 15.2. The van der Waals surface area contributed by atoms with Crippen LogP contribution < -0.4 is 15.2 Å². The lowest BCUT2D eigenvalue weighted by molar-refractivity contribution is -0.149. The summed E-state index contributed by atoms with van der Waals surface area (Å²) in [5, 5.41) is 1.38. The van der Waals surface area contributed by atoms with Gasteiger partial charge in [0.1, 0.15) is 5.75 Å². The van der Waals surface area contributed by atoms with E-state index in [1.54, 1.807) is 18.2 Å². The molecule has 11 heteroatoms. The van der Waals surface area contributed by atoms with Crippen molar-refractivity contribution in [1.29, 1.82) is 0 Å². The first-order chi connectivity index (χ1) is 20.0. The molecule has 0 radical (unpaired) electrons. The number of ether oxygens (including phenoxy) is 1. The lowest BCUT2D eigenvalue weighted by atomic mass is 9.95. The Kier molecular flexibility index (Phi) is 8.22. The highest BCUT2D eigenvalue weighted by molar-refractivity contribution is 14.1. The normalized spacial score (nSPS) is 23.8. The van der Waals surface area contributed by atoms with E-state index in [0.717, 1.165) is 34.6 Å². The number of carbonyl (C=O) groups excluding carboxylic acids is 1. The smallest absolute Gasteiger partial charge is 0.298 e. The lowest BCUT2D eigenvalue weighted by Gasteiger charge is -2.41. The fraction of sp³-hybridized carbons (Fsp3) is 0.452. The molecule has 1 saturated carbocycles. The van der Waals surface area contributed by atoms with Crippen molar-refractivity contribution in [3.05, 3.63) is 69.8 Å². The van der Waals surface area contributed by atoms with E-state index < -0.39 is 33.5 Å². The van der Waals surface area contributed by atoms with E-state index in [1.165, 1.54) is 41.3 Å². The maximum absolute atomic E-state index is 16.2. The van der Waals surface area contributed by atoms with Crippen molar-refractivity contribution in [3.63, 3.8) is 0 Å². The minimum absolute atomic E-state index is 0.111. The Morgan fingerprint density at radius 3 is 2.24 bits per heavy atom. The highest BCUT2D eigenvalue weighted by Crippen LogP contribution is 2.40. The fourth-order valence-electron chi connectivity index (χ4n) is 6.71. The average Bonchev–Trinajstić information content (AvgIpc) is 3.56. The van der Waals surface area contributed by atoms with Crippen LogP contribution in [0.2, 0.25) is 0 Å². The molecule has 6 rings (SSSR count). The Hall–Kier alpha value is -2.35. The summed E-state index contributed by atoms with van der Waals surface area (Å²) < 4.78 is 68.7. The molecule has 3 N–H and O–H groups in total. The summed E-state index contributed by atoms with van der Waals surface area (Å²) in [6.45, 7) is 0. The third-order valence-electron chi connectivity index (χ3n) is 8.83. The Bertz CT molecular complexity index is 1570. The van der Waals surface area contributed by atoms with E-state index in [0.29, 0.717) is 36.8 Å². The Labute approximate surface area is 258 Å². The largest absolute Gasteiger partial charge is 0.490 e. The standard InChI is InChI=1S/C31H34F2IN3O4S/c32-31(33,21-7-9-22(34)10-8-21)29(30(38)37-24-11-12-25(37)18-23(35)17-24)36-42(39,40)28-14-6-19-15-27(13-5-20(19)16-28)41-26-3-1-2-4-26/h5-10,13-16,23-26,29,36H,1-4,11-12,17-18,35H2/t23?,24?,25?,29-/m1/s1. The molecule has 7 nitrogen and oxygen atoms in total. The van der Waals surface area contributed by atoms with E-state index in [9.17, 15) is 13.2 Å². The van der Waals surface area contributed by atoms with E-state index >= 15 is 8.78 Å². The number of hydrogen-bond acceptors (Lipinski definition) is 5. The second kappa shape index (κ2) is 11.6. The van der Waals surface area contributed by atoms with Crippen molar-refractivity contribution in [2.24, 2.45) is 5.73 Å². The van der Waals surface area contributed by atoms with Crippen molar-refractivity contribution in [2.75, 3.05) is 0 Å². The number of piperidine rings is 1. The second-order valence-corrected chi connectivity index (χ2v) is 14.7. The van der Waals surface area contributed by atoms with Gasteiger partial charge in [-0.05, 0) is 121 Å². The number of rotatable bonds is 8. The number of nitrogens with two attached hydrogens (primary N) is 1. The third kappa shape index (κ3) is 5.89. The quantitative estimate of drug-likeness (QED) is 0.293. The zero-order valence-corrected chi connectivity index (χ0v) is 26.0. The van der Waals surface area contributed by atoms with Crippen molar-refractivity contribution >= 4 is 49.3 Å². The summed E-state index contributed by atoms with van der Waals surface area (Å²) in [7, 11) is -4.52. The van der Waals surface area contributed by atoms with Gasteiger partial charge in [0.2, 0.25) is 15.9 Å². The molecule has 224 valence electrons. The van der Waals surface area contributed by atoms with Gasteiger partial charge in [-0.15, -0.1) is 0 Å². The SMILES string of the molecule is NC1CC2CCC(C1)N2C(=O)[C@@H](NS(=O)(=O)c1ccc2cc(OC3CCCC3)ccc2c1)C(F)(F)c1ccc(I)cc1. The van der Waals surface area contributed by atoms with Crippen LogP contribution in [0.15, 0.2) is 65.6 Å². The average molecular weight is 710 g/mol. The topological polar surface area (TPSA) is 102 Å². The van der Waals surface area contributed by atoms with Crippen LogP contribution in [0.3, 0.4) is 0 Å². The van der Waals surface area contributed by atoms with E-state index in [1.807, 2.05) is 28.7 Å². The van der Waals surface area contributed by atoms with E-state index in [4.69, 9.17) is 10.5 Å². The molecule has 2 saturated heterocycles. The number of alkyl halides is 2. The maximum atomic E-state index is 16.2. The highest BCUT2D eigenvalue weighted by atomic mass is 127. The second-order valence-electron chi connectivity index (χ2n) is 11.7. The Morgan fingerprint density at radius 2 is 1.57 bits per heavy atom. The molecule has 3 aromatic carbocycles. The van der Waals surface area contributed by atoms with Crippen LogP contribution in [0.1, 0.15) is 56.9 Å². The number of fused-ring (bicyclic) bond motifs is 3. The van der Waals surface area contributed by atoms with Crippen molar-refractivity contribution in [2.45, 2.75) is 92.5 Å². The Balaban J connectivity index is 1.31. The molecule has 0 spiro atoms. The molecule has 3 atom stereocenters. The zero-order valence-electron chi connectivity index (χ0n) is 23.0. The van der Waals surface area contributed by atoms with Crippen molar-refractivity contribution < 1.29 is 26.7 Å². The number of hydrogen-bond donors (Lipinski definition) is 2. The van der Waals surface area contributed by atoms with E-state index in [2.05, 4.69) is 4.72 Å². The van der Waals surface area contributed by atoms with Gasteiger partial charge in [0.15, 0.2) is 6.04 Å². The molecule has 1 amide bonds. The molecule has 2 bridgehead atoms. The zero-order chi connectivity index (χ0) is 29.6. The van der Waals surface area contributed by atoms with Gasteiger partial charge in [0, 0.05) is 27.3 Å². The first-order valence-corrected chi connectivity index (χ1v) is 17.0. The monoisotopic (exact) mass is 709 g/mol. The maximum Gasteiger partial charge on any atom is 0.298 e. The van der Waals surface area contributed by atoms with Crippen LogP contribution in [-0.2, 0) is 20.7 Å². The van der Waals surface area contributed by atoms with Gasteiger partial charge in [-0.2, -0.15) is 13.5 Å². The van der Waals surface area contributed by atoms with Crippen LogP contribution in [0.4, 0.5) is 8.78 Å². The molecule has 3 aliphatic rings. The first kappa shape index (κ1) is 29.7. The Morgan fingerprint density at radius 1 is 0.952 bits per heavy atom. The van der Waals surface area contributed by atoms with Gasteiger partial charge < -0.3 is 15.4 Å². The number of halogens is 3. The summed E-state index contributed by atoms with van der Waals surface area (Å²) in [5.74, 6) is -4.02. The van der Waals surface area contributed by atoms with Crippen LogP contribution in [0.5, 0.6) is 5.75 Å².